The molecule has 10 nitrogen and oxygen atoms in total. The molecular formula is C26H20ClN7O3. The summed E-state index contributed by atoms with van der Waals surface area (Å²) in [6.07, 6.45) is 2.73. The number of rotatable bonds is 8. The van der Waals surface area contributed by atoms with Crippen LogP contribution in [0.1, 0.15) is 16.8 Å². The van der Waals surface area contributed by atoms with Crippen molar-refractivity contribution in [3.8, 4) is 23.4 Å². The maximum absolute atomic E-state index is 13.3. The summed E-state index contributed by atoms with van der Waals surface area (Å²) in [5.74, 6) is 1.17. The molecule has 0 spiro atoms. The van der Waals surface area contributed by atoms with Crippen molar-refractivity contribution in [2.45, 2.75) is 13.2 Å². The Morgan fingerprint density at radius 3 is 2.59 bits per heavy atom. The highest BCUT2D eigenvalue weighted by molar-refractivity contribution is 6.29. The van der Waals surface area contributed by atoms with Gasteiger partial charge in [0, 0.05) is 12.6 Å². The number of para-hydroxylation sites is 1. The third-order valence-electron chi connectivity index (χ3n) is 5.63. The number of ether oxygens (including phenoxy) is 2. The van der Waals surface area contributed by atoms with Crippen LogP contribution in [-0.4, -0.2) is 31.0 Å². The molecule has 0 aliphatic carbocycles. The van der Waals surface area contributed by atoms with Crippen LogP contribution in [0.5, 0.6) is 11.6 Å². The van der Waals surface area contributed by atoms with Crippen LogP contribution in [0.15, 0.2) is 78.0 Å². The van der Waals surface area contributed by atoms with E-state index in [0.29, 0.717) is 29.4 Å². The Morgan fingerprint density at radius 1 is 1.08 bits per heavy atom. The van der Waals surface area contributed by atoms with Crippen molar-refractivity contribution in [1.82, 2.24) is 23.9 Å². The molecule has 0 fully saturated rings. The monoisotopic (exact) mass is 513 g/mol. The van der Waals surface area contributed by atoms with Crippen molar-refractivity contribution in [3.05, 3.63) is 106 Å². The molecule has 0 aliphatic heterocycles. The average molecular weight is 514 g/mol. The topological polar surface area (TPSA) is 119 Å². The van der Waals surface area contributed by atoms with E-state index in [2.05, 4.69) is 26.3 Å². The molecule has 5 rings (SSSR count). The maximum atomic E-state index is 13.3. The minimum absolute atomic E-state index is 0.0608. The van der Waals surface area contributed by atoms with Gasteiger partial charge in [-0.25, -0.2) is 24.1 Å². The number of methoxy groups -OCH3 is 1. The number of nitriles is 1. The molecule has 0 saturated carbocycles. The van der Waals surface area contributed by atoms with E-state index in [1.807, 2.05) is 42.5 Å². The molecular weight excluding hydrogens is 494 g/mol. The molecule has 0 amide bonds. The number of hydrogen-bond acceptors (Lipinski definition) is 8. The molecule has 0 aliphatic rings. The van der Waals surface area contributed by atoms with Gasteiger partial charge in [0.1, 0.15) is 35.6 Å². The minimum atomic E-state index is -0.394. The SMILES string of the molecule is COc1ccc(CNc2ncnc(OCc3cc4ncc(Cl)n4c(=O)n3-c3ccccc3)c2C#N)cc1. The van der Waals surface area contributed by atoms with Crippen LogP contribution in [0.2, 0.25) is 5.15 Å². The van der Waals surface area contributed by atoms with Crippen molar-refractivity contribution in [3.63, 3.8) is 0 Å². The summed E-state index contributed by atoms with van der Waals surface area (Å²) in [6, 6.07) is 20.5. The smallest absolute Gasteiger partial charge is 0.340 e. The Hall–Kier alpha value is -4.88. The molecule has 0 radical (unpaired) electrons. The maximum Gasteiger partial charge on any atom is 0.340 e. The molecule has 37 heavy (non-hydrogen) atoms. The zero-order valence-electron chi connectivity index (χ0n) is 19.6. The van der Waals surface area contributed by atoms with Gasteiger partial charge in [-0.15, -0.1) is 0 Å². The molecule has 2 aromatic carbocycles. The molecule has 1 N–H and O–H groups in total. The first-order chi connectivity index (χ1) is 18.1. The van der Waals surface area contributed by atoms with Crippen LogP contribution in [-0.2, 0) is 13.2 Å². The van der Waals surface area contributed by atoms with Crippen molar-refractivity contribution in [1.29, 1.82) is 5.26 Å². The molecule has 0 bridgehead atoms. The first kappa shape index (κ1) is 23.8. The summed E-state index contributed by atoms with van der Waals surface area (Å²) >= 11 is 6.20. The summed E-state index contributed by atoms with van der Waals surface area (Å²) in [4.78, 5) is 25.9. The predicted octanol–water partition coefficient (Wildman–Crippen LogP) is 4.00. The molecule has 0 unspecified atom stereocenters. The summed E-state index contributed by atoms with van der Waals surface area (Å²) in [6.45, 7) is 0.370. The molecule has 184 valence electrons. The number of imidazole rings is 1. The van der Waals surface area contributed by atoms with E-state index in [9.17, 15) is 10.1 Å². The van der Waals surface area contributed by atoms with Gasteiger partial charge in [0.2, 0.25) is 5.88 Å². The first-order valence-electron chi connectivity index (χ1n) is 11.2. The summed E-state index contributed by atoms with van der Waals surface area (Å²) in [5.41, 5.74) is 2.24. The van der Waals surface area contributed by atoms with E-state index in [4.69, 9.17) is 21.1 Å². The third kappa shape index (κ3) is 4.80. The van der Waals surface area contributed by atoms with Crippen molar-refractivity contribution >= 4 is 23.1 Å². The van der Waals surface area contributed by atoms with E-state index in [1.165, 1.54) is 21.5 Å². The van der Waals surface area contributed by atoms with Crippen molar-refractivity contribution in [2.24, 2.45) is 0 Å². The number of aromatic nitrogens is 5. The zero-order chi connectivity index (χ0) is 25.8. The van der Waals surface area contributed by atoms with Crippen molar-refractivity contribution in [2.75, 3.05) is 12.4 Å². The fourth-order valence-electron chi connectivity index (χ4n) is 3.82. The van der Waals surface area contributed by atoms with Gasteiger partial charge in [-0.3, -0.25) is 4.57 Å². The first-order valence-corrected chi connectivity index (χ1v) is 11.5. The van der Waals surface area contributed by atoms with Crippen LogP contribution in [0.25, 0.3) is 11.3 Å². The second-order valence-corrected chi connectivity index (χ2v) is 8.26. The Kier molecular flexibility index (Phi) is 6.70. The lowest BCUT2D eigenvalue weighted by Gasteiger charge is -2.15. The number of hydrogen-bond donors (Lipinski definition) is 1. The van der Waals surface area contributed by atoms with Gasteiger partial charge >= 0.3 is 5.69 Å². The predicted molar refractivity (Wildman–Crippen MR) is 137 cm³/mol. The second kappa shape index (κ2) is 10.4. The Balaban J connectivity index is 1.44. The lowest BCUT2D eigenvalue weighted by molar-refractivity contribution is 0.284. The van der Waals surface area contributed by atoms with Crippen LogP contribution < -0.4 is 20.5 Å². The highest BCUT2D eigenvalue weighted by Crippen LogP contribution is 2.23. The zero-order valence-corrected chi connectivity index (χ0v) is 20.4. The number of fused-ring (bicyclic) bond motifs is 1. The lowest BCUT2D eigenvalue weighted by Crippen LogP contribution is -2.28. The van der Waals surface area contributed by atoms with E-state index in [1.54, 1.807) is 25.3 Å². The van der Waals surface area contributed by atoms with Gasteiger partial charge in [-0.2, -0.15) is 5.26 Å². The van der Waals surface area contributed by atoms with E-state index in [-0.39, 0.29) is 23.2 Å². The van der Waals surface area contributed by atoms with Gasteiger partial charge < -0.3 is 14.8 Å². The summed E-state index contributed by atoms with van der Waals surface area (Å²) in [5, 5.41) is 13.2. The largest absolute Gasteiger partial charge is 0.497 e. The molecule has 3 aromatic heterocycles. The minimum Gasteiger partial charge on any atom is -0.497 e. The van der Waals surface area contributed by atoms with Gasteiger partial charge in [-0.1, -0.05) is 41.9 Å². The second-order valence-electron chi connectivity index (χ2n) is 7.87. The Morgan fingerprint density at radius 2 is 1.86 bits per heavy atom. The molecule has 11 heteroatoms. The average Bonchev–Trinajstić information content (AvgIpc) is 3.31. The summed E-state index contributed by atoms with van der Waals surface area (Å²) < 4.78 is 13.9. The van der Waals surface area contributed by atoms with Crippen LogP contribution >= 0.6 is 11.6 Å². The number of halogens is 1. The molecule has 3 heterocycles. The van der Waals surface area contributed by atoms with Gasteiger partial charge in [0.05, 0.1) is 24.7 Å². The van der Waals surface area contributed by atoms with E-state index in [0.717, 1.165) is 11.3 Å². The van der Waals surface area contributed by atoms with Crippen molar-refractivity contribution < 1.29 is 9.47 Å². The molecule has 0 saturated heterocycles. The number of nitrogens with one attached hydrogen (secondary N) is 1. The third-order valence-corrected chi connectivity index (χ3v) is 5.89. The summed E-state index contributed by atoms with van der Waals surface area (Å²) in [7, 11) is 1.61. The standard InChI is InChI=1S/C26H20ClN7O3/c1-36-20-9-7-17(8-10-20)13-30-24-21(12-28)25(32-16-31-24)37-15-19-11-23-29-14-22(27)34(23)26(35)33(19)18-5-3-2-4-6-18/h2-11,14,16H,13,15H2,1H3,(H,30,31,32). The van der Waals surface area contributed by atoms with Gasteiger partial charge in [-0.05, 0) is 29.8 Å². The molecule has 0 atom stereocenters. The quantitative estimate of drug-likeness (QED) is 0.330. The lowest BCUT2D eigenvalue weighted by atomic mass is 10.2. The fraction of sp³-hybridized carbons (Fsp3) is 0.115. The number of benzene rings is 2. The highest BCUT2D eigenvalue weighted by atomic mass is 35.5. The van der Waals surface area contributed by atoms with Gasteiger partial charge in [0.15, 0.2) is 11.4 Å². The molecule has 5 aromatic rings. The fourth-order valence-corrected chi connectivity index (χ4v) is 4.02. The number of nitrogens with zero attached hydrogens (tertiary/aromatic N) is 6. The van der Waals surface area contributed by atoms with Crippen LogP contribution in [0, 0.1) is 11.3 Å². The van der Waals surface area contributed by atoms with Crippen LogP contribution in [0.3, 0.4) is 0 Å². The normalized spacial score (nSPS) is 10.7. The Bertz CT molecular complexity index is 1660. The van der Waals surface area contributed by atoms with E-state index >= 15 is 0 Å². The Labute approximate surface area is 216 Å². The highest BCUT2D eigenvalue weighted by Gasteiger charge is 2.17. The van der Waals surface area contributed by atoms with Gasteiger partial charge in [0.25, 0.3) is 0 Å². The van der Waals surface area contributed by atoms with Crippen LogP contribution in [0.4, 0.5) is 5.82 Å². The van der Waals surface area contributed by atoms with E-state index < -0.39 is 5.69 Å². The number of anilines is 1.